The molecule has 7 nitrogen and oxygen atoms in total. The zero-order valence-corrected chi connectivity index (χ0v) is 14.7. The fourth-order valence-corrected chi connectivity index (χ4v) is 3.31. The number of halogens is 3. The number of nitrogens with one attached hydrogen (secondary N) is 1. The van der Waals surface area contributed by atoms with E-state index in [1.165, 1.54) is 17.1 Å². The molecule has 3 aromatic rings. The van der Waals surface area contributed by atoms with Crippen LogP contribution in [0.4, 0.5) is 13.2 Å². The first-order valence-electron chi connectivity index (χ1n) is 8.81. The van der Waals surface area contributed by atoms with Crippen molar-refractivity contribution in [1.82, 2.24) is 30.1 Å². The largest absolute Gasteiger partial charge is 0.408 e. The molecule has 1 aliphatic carbocycles. The van der Waals surface area contributed by atoms with Gasteiger partial charge in [0.25, 0.3) is 5.91 Å². The van der Waals surface area contributed by atoms with Gasteiger partial charge in [-0.1, -0.05) is 23.4 Å². The Kier molecular flexibility index (Phi) is 4.62. The van der Waals surface area contributed by atoms with Gasteiger partial charge in [-0.05, 0) is 37.0 Å². The average molecular weight is 390 g/mol. The number of carbonyl (C=O) groups excluding carboxylic acids is 1. The molecule has 0 radical (unpaired) electrons. The Morgan fingerprint density at radius 2 is 2.00 bits per heavy atom. The van der Waals surface area contributed by atoms with Crippen molar-refractivity contribution in [2.75, 3.05) is 0 Å². The molecule has 2 aromatic heterocycles. The minimum absolute atomic E-state index is 0.130. The number of nitrogens with zero attached hydrogens (tertiary/aromatic N) is 5. The van der Waals surface area contributed by atoms with E-state index in [1.807, 2.05) is 30.3 Å². The predicted octanol–water partition coefficient (Wildman–Crippen LogP) is 2.83. The van der Waals surface area contributed by atoms with Crippen LogP contribution in [0.25, 0.3) is 5.69 Å². The highest BCUT2D eigenvalue weighted by Gasteiger charge is 2.31. The number of amides is 1. The third kappa shape index (κ3) is 3.90. The standard InChI is InChI=1S/C18H17F3N6O/c19-18(20,21)11-26-9-12-5-4-8-14(16(12)24-26)22-17(28)15-10-27(25-23-15)13-6-2-1-3-7-13/h1-3,6-7,9-10,14H,4-5,8,11H2,(H,22,28)/t14-/m1/s1. The molecule has 0 aliphatic heterocycles. The van der Waals surface area contributed by atoms with E-state index in [-0.39, 0.29) is 5.69 Å². The van der Waals surface area contributed by atoms with Crippen molar-refractivity contribution in [3.8, 4) is 5.69 Å². The quantitative estimate of drug-likeness (QED) is 0.743. The molecule has 2 heterocycles. The third-order valence-corrected chi connectivity index (χ3v) is 4.53. The van der Waals surface area contributed by atoms with Crippen molar-refractivity contribution < 1.29 is 18.0 Å². The smallest absolute Gasteiger partial charge is 0.342 e. The summed E-state index contributed by atoms with van der Waals surface area (Å²) in [4.78, 5) is 12.6. The zero-order valence-electron chi connectivity index (χ0n) is 14.7. The van der Waals surface area contributed by atoms with Crippen LogP contribution in [-0.4, -0.2) is 36.9 Å². The lowest BCUT2D eigenvalue weighted by Crippen LogP contribution is -2.31. The SMILES string of the molecule is O=C(N[C@@H]1CCCc2cn(CC(F)(F)F)nc21)c1cn(-c2ccccc2)nn1. The van der Waals surface area contributed by atoms with E-state index < -0.39 is 24.7 Å². The molecule has 0 bridgehead atoms. The normalized spacial score (nSPS) is 16.6. The summed E-state index contributed by atoms with van der Waals surface area (Å²) in [5.74, 6) is -0.439. The highest BCUT2D eigenvalue weighted by Crippen LogP contribution is 2.29. The number of hydrogen-bond donors (Lipinski definition) is 1. The van der Waals surface area contributed by atoms with Crippen LogP contribution >= 0.6 is 0 Å². The first-order chi connectivity index (χ1) is 13.4. The van der Waals surface area contributed by atoms with E-state index in [0.29, 0.717) is 18.5 Å². The van der Waals surface area contributed by atoms with E-state index in [2.05, 4.69) is 20.7 Å². The van der Waals surface area contributed by atoms with Crippen LogP contribution in [0.15, 0.2) is 42.7 Å². The maximum absolute atomic E-state index is 12.6. The van der Waals surface area contributed by atoms with Crippen molar-refractivity contribution in [2.45, 2.75) is 38.0 Å². The molecule has 1 aromatic carbocycles. The van der Waals surface area contributed by atoms with Gasteiger partial charge < -0.3 is 5.32 Å². The van der Waals surface area contributed by atoms with Gasteiger partial charge in [0.05, 0.1) is 23.6 Å². The molecule has 1 atom stereocenters. The monoisotopic (exact) mass is 390 g/mol. The second kappa shape index (κ2) is 7.10. The van der Waals surface area contributed by atoms with Gasteiger partial charge >= 0.3 is 6.18 Å². The van der Waals surface area contributed by atoms with Crippen molar-refractivity contribution in [2.24, 2.45) is 0 Å². The van der Waals surface area contributed by atoms with Crippen molar-refractivity contribution in [1.29, 1.82) is 0 Å². The minimum atomic E-state index is -4.34. The van der Waals surface area contributed by atoms with Gasteiger partial charge in [-0.2, -0.15) is 18.3 Å². The number of fused-ring (bicyclic) bond motifs is 1. The van der Waals surface area contributed by atoms with Crippen LogP contribution in [-0.2, 0) is 13.0 Å². The van der Waals surface area contributed by atoms with Gasteiger partial charge in [0.15, 0.2) is 5.69 Å². The maximum atomic E-state index is 12.6. The van der Waals surface area contributed by atoms with Gasteiger partial charge in [-0.15, -0.1) is 5.10 Å². The molecular formula is C18H17F3N6O. The lowest BCUT2D eigenvalue weighted by molar-refractivity contribution is -0.142. The number of rotatable bonds is 4. The summed E-state index contributed by atoms with van der Waals surface area (Å²) < 4.78 is 40.3. The van der Waals surface area contributed by atoms with Gasteiger partial charge in [0, 0.05) is 6.20 Å². The summed E-state index contributed by atoms with van der Waals surface area (Å²) in [6.07, 6.45) is 0.581. The molecule has 1 aliphatic rings. The number of para-hydroxylation sites is 1. The molecule has 0 saturated heterocycles. The van der Waals surface area contributed by atoms with Gasteiger partial charge in [0.2, 0.25) is 0 Å². The van der Waals surface area contributed by atoms with Crippen LogP contribution in [0.5, 0.6) is 0 Å². The number of carbonyl (C=O) groups is 1. The van der Waals surface area contributed by atoms with E-state index in [1.54, 1.807) is 0 Å². The predicted molar refractivity (Wildman–Crippen MR) is 92.8 cm³/mol. The Bertz CT molecular complexity index is 979. The molecule has 1 N–H and O–H groups in total. The first kappa shape index (κ1) is 18.2. The minimum Gasteiger partial charge on any atom is -0.342 e. The molecule has 0 unspecified atom stereocenters. The highest BCUT2D eigenvalue weighted by molar-refractivity contribution is 5.92. The summed E-state index contributed by atoms with van der Waals surface area (Å²) in [7, 11) is 0. The van der Waals surface area contributed by atoms with Crippen LogP contribution in [0, 0.1) is 0 Å². The van der Waals surface area contributed by atoms with Crippen LogP contribution in [0.1, 0.15) is 40.6 Å². The van der Waals surface area contributed by atoms with Crippen molar-refractivity contribution in [3.63, 3.8) is 0 Å². The molecule has 146 valence electrons. The maximum Gasteiger partial charge on any atom is 0.408 e. The Morgan fingerprint density at radius 1 is 1.21 bits per heavy atom. The first-order valence-corrected chi connectivity index (χ1v) is 8.81. The van der Waals surface area contributed by atoms with Crippen molar-refractivity contribution >= 4 is 5.91 Å². The summed E-state index contributed by atoms with van der Waals surface area (Å²) in [6, 6.07) is 8.77. The van der Waals surface area contributed by atoms with Crippen LogP contribution < -0.4 is 5.32 Å². The van der Waals surface area contributed by atoms with E-state index in [0.717, 1.165) is 22.4 Å². The topological polar surface area (TPSA) is 77.6 Å². The molecule has 28 heavy (non-hydrogen) atoms. The summed E-state index contributed by atoms with van der Waals surface area (Å²) in [5.41, 5.74) is 2.11. The second-order valence-electron chi connectivity index (χ2n) is 6.65. The van der Waals surface area contributed by atoms with E-state index in [9.17, 15) is 18.0 Å². The summed E-state index contributed by atoms with van der Waals surface area (Å²) in [5, 5.41) is 14.7. The van der Waals surface area contributed by atoms with E-state index in [4.69, 9.17) is 0 Å². The Labute approximate surface area is 158 Å². The van der Waals surface area contributed by atoms with E-state index >= 15 is 0 Å². The van der Waals surface area contributed by atoms with Gasteiger partial charge in [-0.25, -0.2) is 4.68 Å². The lowest BCUT2D eigenvalue weighted by Gasteiger charge is -2.21. The Balaban J connectivity index is 1.50. The molecule has 10 heteroatoms. The molecule has 0 saturated carbocycles. The summed E-state index contributed by atoms with van der Waals surface area (Å²) in [6.45, 7) is -1.15. The Hall–Kier alpha value is -3.17. The number of hydrogen-bond acceptors (Lipinski definition) is 4. The summed E-state index contributed by atoms with van der Waals surface area (Å²) >= 11 is 0. The van der Waals surface area contributed by atoms with Gasteiger partial charge in [-0.3, -0.25) is 9.48 Å². The zero-order chi connectivity index (χ0) is 19.7. The molecule has 0 spiro atoms. The number of alkyl halides is 3. The molecule has 1 amide bonds. The van der Waals surface area contributed by atoms with Crippen LogP contribution in [0.2, 0.25) is 0 Å². The molecule has 0 fully saturated rings. The molecule has 4 rings (SSSR count). The highest BCUT2D eigenvalue weighted by atomic mass is 19.4. The van der Waals surface area contributed by atoms with Gasteiger partial charge in [0.1, 0.15) is 6.54 Å². The van der Waals surface area contributed by atoms with Crippen LogP contribution in [0.3, 0.4) is 0 Å². The third-order valence-electron chi connectivity index (χ3n) is 4.53. The Morgan fingerprint density at radius 3 is 2.75 bits per heavy atom. The fraction of sp³-hybridized carbons (Fsp3) is 0.333. The number of aryl methyl sites for hydroxylation is 1. The average Bonchev–Trinajstić information content (AvgIpc) is 3.28. The lowest BCUT2D eigenvalue weighted by atomic mass is 9.93. The number of aromatic nitrogens is 5. The second-order valence-corrected chi connectivity index (χ2v) is 6.65. The number of benzene rings is 1. The van der Waals surface area contributed by atoms with Crippen molar-refractivity contribution in [3.05, 3.63) is 59.7 Å². The molecular weight excluding hydrogens is 373 g/mol. The fourth-order valence-electron chi connectivity index (χ4n) is 3.31.